The van der Waals surface area contributed by atoms with Gasteiger partial charge < -0.3 is 20.1 Å². The van der Waals surface area contributed by atoms with Crippen LogP contribution < -0.4 is 5.32 Å². The van der Waals surface area contributed by atoms with Gasteiger partial charge in [-0.2, -0.15) is 0 Å². The highest BCUT2D eigenvalue weighted by molar-refractivity contribution is 5.83. The van der Waals surface area contributed by atoms with E-state index < -0.39 is 23.6 Å². The number of carboxylic acids is 1. The Hall–Kier alpha value is -3.35. The van der Waals surface area contributed by atoms with E-state index in [-0.39, 0.29) is 24.9 Å². The molecule has 1 atom stereocenters. The molecule has 2 N–H and O–H groups in total. The van der Waals surface area contributed by atoms with Gasteiger partial charge in [0.1, 0.15) is 12.6 Å². The predicted octanol–water partition coefficient (Wildman–Crippen LogP) is 4.41. The zero-order valence-corrected chi connectivity index (χ0v) is 19.6. The highest BCUT2D eigenvalue weighted by Gasteiger charge is 2.31. The predicted molar refractivity (Wildman–Crippen MR) is 126 cm³/mol. The second kappa shape index (κ2) is 10.1. The molecule has 2 aromatic carbocycles. The van der Waals surface area contributed by atoms with Crippen molar-refractivity contribution < 1.29 is 24.2 Å². The Bertz CT molecular complexity index is 987. The van der Waals surface area contributed by atoms with Crippen molar-refractivity contribution in [2.24, 2.45) is 0 Å². The minimum absolute atomic E-state index is 0.0246. The molecule has 0 bridgehead atoms. The summed E-state index contributed by atoms with van der Waals surface area (Å²) in [7, 11) is 0. The summed E-state index contributed by atoms with van der Waals surface area (Å²) in [6, 6.07) is 15.4. The molecule has 1 aliphatic carbocycles. The Balaban J connectivity index is 1.56. The molecule has 0 saturated carbocycles. The molecule has 0 saturated heterocycles. The minimum Gasteiger partial charge on any atom is -0.480 e. The Morgan fingerprint density at radius 1 is 1.06 bits per heavy atom. The molecule has 7 nitrogen and oxygen atoms in total. The average molecular weight is 453 g/mol. The maximum Gasteiger partial charge on any atom is 0.407 e. The highest BCUT2D eigenvalue weighted by Crippen LogP contribution is 2.44. The fourth-order valence-electron chi connectivity index (χ4n) is 4.34. The van der Waals surface area contributed by atoms with Gasteiger partial charge in [0.05, 0.1) is 0 Å². The Labute approximate surface area is 194 Å². The number of carbonyl (C=O) groups is 3. The van der Waals surface area contributed by atoms with Crippen LogP contribution in [0.4, 0.5) is 4.79 Å². The summed E-state index contributed by atoms with van der Waals surface area (Å²) in [6.07, 6.45) is -0.0541. The molecule has 1 unspecified atom stereocenters. The summed E-state index contributed by atoms with van der Waals surface area (Å²) in [4.78, 5) is 37.6. The summed E-state index contributed by atoms with van der Waals surface area (Å²) in [5.74, 6) is -1.32. The monoisotopic (exact) mass is 452 g/mol. The van der Waals surface area contributed by atoms with Gasteiger partial charge in [-0.3, -0.25) is 4.79 Å². The third-order valence-electron chi connectivity index (χ3n) is 6.23. The molecule has 0 radical (unpaired) electrons. The molecular formula is C26H32N2O5. The number of benzene rings is 2. The summed E-state index contributed by atoms with van der Waals surface area (Å²) in [5.41, 5.74) is 3.92. The Morgan fingerprint density at radius 2 is 1.61 bits per heavy atom. The van der Waals surface area contributed by atoms with Gasteiger partial charge in [0, 0.05) is 24.4 Å². The van der Waals surface area contributed by atoms with Gasteiger partial charge in [0.2, 0.25) is 5.91 Å². The number of likely N-dealkylation sites (N-methyl/N-ethyl adjacent to an activating group) is 1. The quantitative estimate of drug-likeness (QED) is 0.588. The van der Waals surface area contributed by atoms with Gasteiger partial charge in [-0.25, -0.2) is 9.59 Å². The van der Waals surface area contributed by atoms with E-state index in [2.05, 4.69) is 29.6 Å². The van der Waals surface area contributed by atoms with Crippen molar-refractivity contribution in [1.82, 2.24) is 10.2 Å². The number of alkyl carbamates (subject to hydrolysis) is 1. The first-order valence-corrected chi connectivity index (χ1v) is 11.3. The number of fused-ring (bicyclic) bond motifs is 3. The first-order chi connectivity index (χ1) is 15.6. The normalized spacial score (nSPS) is 13.6. The molecule has 0 heterocycles. The van der Waals surface area contributed by atoms with Crippen LogP contribution in [0.2, 0.25) is 0 Å². The van der Waals surface area contributed by atoms with Crippen molar-refractivity contribution in [2.45, 2.75) is 58.0 Å². The smallest absolute Gasteiger partial charge is 0.407 e. The molecule has 176 valence electrons. The summed E-state index contributed by atoms with van der Waals surface area (Å²) in [5, 5.41) is 12.0. The number of rotatable bonds is 9. The van der Waals surface area contributed by atoms with Gasteiger partial charge in [0.15, 0.2) is 0 Å². The first-order valence-electron chi connectivity index (χ1n) is 11.3. The van der Waals surface area contributed by atoms with E-state index in [0.717, 1.165) is 22.3 Å². The largest absolute Gasteiger partial charge is 0.480 e. The second-order valence-electron chi connectivity index (χ2n) is 9.03. The van der Waals surface area contributed by atoms with E-state index >= 15 is 0 Å². The van der Waals surface area contributed by atoms with Gasteiger partial charge >= 0.3 is 12.1 Å². The SMILES string of the molecule is CCN(C(=O)CCC(C)(C)NC(=O)OCC1c2ccccc2-c2ccccc21)C(C)C(=O)O. The maximum atomic E-state index is 12.6. The standard InChI is InChI=1S/C26H32N2O5/c1-5-28(17(2)24(30)31)23(29)14-15-26(3,4)27-25(32)33-16-22-20-12-8-6-10-18(20)19-11-7-9-13-21(19)22/h6-13,17,22H,5,14-16H2,1-4H3,(H,27,32)(H,30,31). The number of aliphatic carboxylic acids is 1. The van der Waals surface area contributed by atoms with Crippen LogP contribution in [0.3, 0.4) is 0 Å². The van der Waals surface area contributed by atoms with Crippen LogP contribution in [0.25, 0.3) is 11.1 Å². The lowest BCUT2D eigenvalue weighted by Gasteiger charge is -2.29. The number of hydrogen-bond donors (Lipinski definition) is 2. The lowest BCUT2D eigenvalue weighted by Crippen LogP contribution is -2.46. The maximum absolute atomic E-state index is 12.6. The first kappa shape index (κ1) is 24.3. The van der Waals surface area contributed by atoms with E-state index in [1.54, 1.807) is 6.92 Å². The number of amides is 2. The molecule has 0 fully saturated rings. The van der Waals surface area contributed by atoms with Crippen molar-refractivity contribution in [2.75, 3.05) is 13.2 Å². The fraction of sp³-hybridized carbons (Fsp3) is 0.423. The average Bonchev–Trinajstić information content (AvgIpc) is 3.10. The van der Waals surface area contributed by atoms with Gasteiger partial charge in [0.25, 0.3) is 0 Å². The number of ether oxygens (including phenoxy) is 1. The van der Waals surface area contributed by atoms with Crippen molar-refractivity contribution in [3.8, 4) is 11.1 Å². The van der Waals surface area contributed by atoms with Crippen molar-refractivity contribution in [1.29, 1.82) is 0 Å². The summed E-state index contributed by atoms with van der Waals surface area (Å²) >= 11 is 0. The van der Waals surface area contributed by atoms with Crippen LogP contribution in [0, 0.1) is 0 Å². The molecular weight excluding hydrogens is 420 g/mol. The number of nitrogens with zero attached hydrogens (tertiary/aromatic N) is 1. The van der Waals surface area contributed by atoms with Crippen LogP contribution >= 0.6 is 0 Å². The van der Waals surface area contributed by atoms with E-state index in [1.165, 1.54) is 11.8 Å². The molecule has 0 spiro atoms. The third kappa shape index (κ3) is 5.53. The molecule has 0 aliphatic heterocycles. The molecule has 0 aromatic heterocycles. The fourth-order valence-corrected chi connectivity index (χ4v) is 4.34. The van der Waals surface area contributed by atoms with Crippen molar-refractivity contribution in [3.05, 3.63) is 59.7 Å². The van der Waals surface area contributed by atoms with E-state index in [4.69, 9.17) is 4.74 Å². The van der Waals surface area contributed by atoms with Gasteiger partial charge in [-0.15, -0.1) is 0 Å². The van der Waals surface area contributed by atoms with Gasteiger partial charge in [-0.05, 0) is 56.4 Å². The van der Waals surface area contributed by atoms with Crippen LogP contribution in [-0.2, 0) is 14.3 Å². The van der Waals surface area contributed by atoms with Crippen LogP contribution in [0.15, 0.2) is 48.5 Å². The van der Waals surface area contributed by atoms with Crippen molar-refractivity contribution >= 4 is 18.0 Å². The summed E-state index contributed by atoms with van der Waals surface area (Å²) < 4.78 is 5.60. The molecule has 2 amide bonds. The third-order valence-corrected chi connectivity index (χ3v) is 6.23. The topological polar surface area (TPSA) is 95.9 Å². The van der Waals surface area contributed by atoms with Crippen LogP contribution in [-0.4, -0.2) is 52.7 Å². The Kier molecular flexibility index (Phi) is 7.41. The summed E-state index contributed by atoms with van der Waals surface area (Å²) in [6.45, 7) is 7.40. The highest BCUT2D eigenvalue weighted by atomic mass is 16.5. The molecule has 33 heavy (non-hydrogen) atoms. The molecule has 2 aromatic rings. The lowest BCUT2D eigenvalue weighted by atomic mass is 9.97. The van der Waals surface area contributed by atoms with Crippen LogP contribution in [0.1, 0.15) is 57.6 Å². The van der Waals surface area contributed by atoms with Crippen LogP contribution in [0.5, 0.6) is 0 Å². The molecule has 7 heteroatoms. The molecule has 1 aliphatic rings. The molecule has 3 rings (SSSR count). The zero-order chi connectivity index (χ0) is 24.2. The number of carbonyl (C=O) groups excluding carboxylic acids is 2. The van der Waals surface area contributed by atoms with Gasteiger partial charge in [-0.1, -0.05) is 48.5 Å². The lowest BCUT2D eigenvalue weighted by molar-refractivity contribution is -0.149. The van der Waals surface area contributed by atoms with E-state index in [0.29, 0.717) is 13.0 Å². The Morgan fingerprint density at radius 3 is 2.12 bits per heavy atom. The van der Waals surface area contributed by atoms with Crippen molar-refractivity contribution in [3.63, 3.8) is 0 Å². The minimum atomic E-state index is -1.04. The van der Waals surface area contributed by atoms with E-state index in [1.807, 2.05) is 38.1 Å². The number of carboxylic acid groups (broad SMARTS) is 1. The second-order valence-corrected chi connectivity index (χ2v) is 9.03. The zero-order valence-electron chi connectivity index (χ0n) is 19.6. The number of hydrogen-bond acceptors (Lipinski definition) is 4. The van der Waals surface area contributed by atoms with E-state index in [9.17, 15) is 19.5 Å². The number of nitrogens with one attached hydrogen (secondary N) is 1.